The van der Waals surface area contributed by atoms with E-state index in [-0.39, 0.29) is 11.8 Å². The van der Waals surface area contributed by atoms with Gasteiger partial charge in [0.2, 0.25) is 5.91 Å². The zero-order chi connectivity index (χ0) is 20.2. The van der Waals surface area contributed by atoms with Crippen molar-refractivity contribution in [2.24, 2.45) is 5.92 Å². The first-order chi connectivity index (χ1) is 14.1. The summed E-state index contributed by atoms with van der Waals surface area (Å²) in [6.45, 7) is 3.61. The van der Waals surface area contributed by atoms with Crippen LogP contribution in [0.4, 0.5) is 10.9 Å². The largest absolute Gasteiger partial charge is 0.497 e. The Bertz CT molecular complexity index is 966. The molecule has 1 aliphatic rings. The van der Waals surface area contributed by atoms with E-state index in [2.05, 4.69) is 25.2 Å². The van der Waals surface area contributed by atoms with Crippen LogP contribution in [-0.4, -0.2) is 41.1 Å². The molecule has 29 heavy (non-hydrogen) atoms. The Kier molecular flexibility index (Phi) is 5.71. The third-order valence-electron chi connectivity index (χ3n) is 5.13. The summed E-state index contributed by atoms with van der Waals surface area (Å²) >= 11 is 1.51. The predicted molar refractivity (Wildman–Crippen MR) is 114 cm³/mol. The number of methoxy groups -OCH3 is 1. The predicted octanol–water partition coefficient (Wildman–Crippen LogP) is 3.77. The molecule has 1 N–H and O–H groups in total. The number of hydrogen-bond donors (Lipinski definition) is 1. The van der Waals surface area contributed by atoms with Gasteiger partial charge >= 0.3 is 0 Å². The van der Waals surface area contributed by atoms with Crippen LogP contribution in [0, 0.1) is 12.8 Å². The zero-order valence-corrected chi connectivity index (χ0v) is 17.3. The average Bonchev–Trinajstić information content (AvgIpc) is 3.14. The van der Waals surface area contributed by atoms with Crippen LogP contribution in [0.5, 0.6) is 5.75 Å². The van der Waals surface area contributed by atoms with Crippen LogP contribution in [0.3, 0.4) is 0 Å². The van der Waals surface area contributed by atoms with Gasteiger partial charge in [-0.05, 0) is 44.0 Å². The molecule has 4 rings (SSSR count). The Hall–Kier alpha value is -3.00. The molecule has 0 aliphatic carbocycles. The van der Waals surface area contributed by atoms with Crippen molar-refractivity contribution in [2.75, 3.05) is 30.4 Å². The van der Waals surface area contributed by atoms with Gasteiger partial charge in [0, 0.05) is 41.8 Å². The number of nitrogens with zero attached hydrogens (tertiary/aromatic N) is 4. The van der Waals surface area contributed by atoms with E-state index < -0.39 is 0 Å². The minimum Gasteiger partial charge on any atom is -0.497 e. The van der Waals surface area contributed by atoms with Gasteiger partial charge in [-0.2, -0.15) is 0 Å². The number of thiazole rings is 1. The van der Waals surface area contributed by atoms with Crippen molar-refractivity contribution in [3.8, 4) is 17.0 Å². The Balaban J connectivity index is 1.38. The molecule has 1 amide bonds. The first-order valence-corrected chi connectivity index (χ1v) is 10.4. The van der Waals surface area contributed by atoms with Crippen molar-refractivity contribution in [1.29, 1.82) is 0 Å². The molecule has 0 spiro atoms. The summed E-state index contributed by atoms with van der Waals surface area (Å²) in [5.74, 6) is 1.70. The maximum absolute atomic E-state index is 12.7. The van der Waals surface area contributed by atoms with E-state index in [1.807, 2.05) is 31.2 Å². The lowest BCUT2D eigenvalue weighted by Gasteiger charge is -2.31. The number of anilines is 2. The first kappa shape index (κ1) is 19.3. The number of hydrogen-bond acceptors (Lipinski definition) is 7. The van der Waals surface area contributed by atoms with Gasteiger partial charge in [0.25, 0.3) is 0 Å². The maximum Gasteiger partial charge on any atom is 0.229 e. The summed E-state index contributed by atoms with van der Waals surface area (Å²) in [5.41, 5.74) is 1.91. The van der Waals surface area contributed by atoms with E-state index in [1.54, 1.807) is 25.7 Å². The molecule has 0 atom stereocenters. The van der Waals surface area contributed by atoms with Gasteiger partial charge in [-0.15, -0.1) is 11.3 Å². The fourth-order valence-corrected chi connectivity index (χ4v) is 4.34. The highest BCUT2D eigenvalue weighted by Crippen LogP contribution is 2.32. The number of piperidine rings is 1. The standard InChI is InChI=1S/C21H23N5O2S/c1-14-19(15-3-5-17(28-2)6-4-15)24-21(29-14)25-20(27)16-7-11-26(12-8-16)18-13-22-9-10-23-18/h3-6,9-10,13,16H,7-8,11-12H2,1-2H3,(H,24,25,27). The molecule has 150 valence electrons. The average molecular weight is 410 g/mol. The van der Waals surface area contributed by atoms with Gasteiger partial charge in [0.15, 0.2) is 5.13 Å². The Labute approximate surface area is 173 Å². The van der Waals surface area contributed by atoms with E-state index in [0.717, 1.165) is 53.6 Å². The van der Waals surface area contributed by atoms with E-state index >= 15 is 0 Å². The Morgan fingerprint density at radius 1 is 1.21 bits per heavy atom. The van der Waals surface area contributed by atoms with Crippen molar-refractivity contribution in [3.05, 3.63) is 47.7 Å². The number of aryl methyl sites for hydroxylation is 1. The zero-order valence-electron chi connectivity index (χ0n) is 16.5. The molecule has 0 unspecified atom stereocenters. The summed E-state index contributed by atoms with van der Waals surface area (Å²) < 4.78 is 5.21. The van der Waals surface area contributed by atoms with Gasteiger partial charge in [-0.1, -0.05) is 0 Å². The van der Waals surface area contributed by atoms with Gasteiger partial charge in [0.1, 0.15) is 11.6 Å². The number of benzene rings is 1. The molecule has 8 heteroatoms. The van der Waals surface area contributed by atoms with Crippen molar-refractivity contribution in [1.82, 2.24) is 15.0 Å². The number of ether oxygens (including phenoxy) is 1. The molecule has 0 radical (unpaired) electrons. The summed E-state index contributed by atoms with van der Waals surface area (Å²) in [5, 5.41) is 3.66. The van der Waals surface area contributed by atoms with Crippen LogP contribution in [0.25, 0.3) is 11.3 Å². The fourth-order valence-electron chi connectivity index (χ4n) is 3.50. The van der Waals surface area contributed by atoms with Crippen molar-refractivity contribution in [3.63, 3.8) is 0 Å². The number of carbonyl (C=O) groups is 1. The van der Waals surface area contributed by atoms with Crippen LogP contribution >= 0.6 is 11.3 Å². The normalized spacial score (nSPS) is 14.6. The minimum atomic E-state index is -0.0171. The third-order valence-corrected chi connectivity index (χ3v) is 6.02. The maximum atomic E-state index is 12.7. The number of nitrogens with one attached hydrogen (secondary N) is 1. The lowest BCUT2D eigenvalue weighted by atomic mass is 9.96. The quantitative estimate of drug-likeness (QED) is 0.691. The molecule has 1 aromatic carbocycles. The second kappa shape index (κ2) is 8.57. The highest BCUT2D eigenvalue weighted by Gasteiger charge is 2.26. The molecule has 0 bridgehead atoms. The second-order valence-corrected chi connectivity index (χ2v) is 8.17. The van der Waals surface area contributed by atoms with Crippen LogP contribution in [0.1, 0.15) is 17.7 Å². The smallest absolute Gasteiger partial charge is 0.229 e. The molecule has 7 nitrogen and oxygen atoms in total. The van der Waals surface area contributed by atoms with Crippen LogP contribution in [0.15, 0.2) is 42.9 Å². The highest BCUT2D eigenvalue weighted by atomic mass is 32.1. The lowest BCUT2D eigenvalue weighted by molar-refractivity contribution is -0.120. The highest BCUT2D eigenvalue weighted by molar-refractivity contribution is 7.16. The number of rotatable bonds is 5. The summed E-state index contributed by atoms with van der Waals surface area (Å²) in [7, 11) is 1.65. The van der Waals surface area contributed by atoms with Crippen molar-refractivity contribution in [2.45, 2.75) is 19.8 Å². The molecule has 1 aliphatic heterocycles. The van der Waals surface area contributed by atoms with Crippen LogP contribution in [0.2, 0.25) is 0 Å². The number of carbonyl (C=O) groups excluding carboxylic acids is 1. The minimum absolute atomic E-state index is 0.0171. The molecule has 3 heterocycles. The van der Waals surface area contributed by atoms with E-state index in [9.17, 15) is 4.79 Å². The Morgan fingerprint density at radius 3 is 2.62 bits per heavy atom. The van der Waals surface area contributed by atoms with Gasteiger partial charge in [-0.3, -0.25) is 9.78 Å². The SMILES string of the molecule is COc1ccc(-c2nc(NC(=O)C3CCN(c4cnccn4)CC3)sc2C)cc1. The van der Waals surface area contributed by atoms with E-state index in [0.29, 0.717) is 5.13 Å². The molecule has 0 saturated carbocycles. The van der Waals surface area contributed by atoms with Gasteiger partial charge < -0.3 is 15.0 Å². The topological polar surface area (TPSA) is 80.2 Å². The first-order valence-electron chi connectivity index (χ1n) is 9.57. The summed E-state index contributed by atoms with van der Waals surface area (Å²) in [6.07, 6.45) is 6.70. The number of aromatic nitrogens is 3. The molecule has 1 saturated heterocycles. The third kappa shape index (κ3) is 4.37. The Morgan fingerprint density at radius 2 is 1.97 bits per heavy atom. The summed E-state index contributed by atoms with van der Waals surface area (Å²) in [6, 6.07) is 7.79. The van der Waals surface area contributed by atoms with E-state index in [1.165, 1.54) is 11.3 Å². The van der Waals surface area contributed by atoms with Gasteiger partial charge in [0.05, 0.1) is 19.0 Å². The van der Waals surface area contributed by atoms with Crippen LogP contribution in [-0.2, 0) is 4.79 Å². The number of amides is 1. The summed E-state index contributed by atoms with van der Waals surface area (Å²) in [4.78, 5) is 29.1. The van der Waals surface area contributed by atoms with E-state index in [4.69, 9.17) is 4.74 Å². The van der Waals surface area contributed by atoms with Gasteiger partial charge in [-0.25, -0.2) is 9.97 Å². The second-order valence-electron chi connectivity index (χ2n) is 6.97. The molecular formula is C21H23N5O2S. The molecule has 3 aromatic rings. The monoisotopic (exact) mass is 409 g/mol. The molecule has 2 aromatic heterocycles. The molecule has 1 fully saturated rings. The van der Waals surface area contributed by atoms with Crippen molar-refractivity contribution >= 4 is 28.2 Å². The lowest BCUT2D eigenvalue weighted by Crippen LogP contribution is -2.38. The molecular weight excluding hydrogens is 386 g/mol. The van der Waals surface area contributed by atoms with Crippen molar-refractivity contribution < 1.29 is 9.53 Å². The van der Waals surface area contributed by atoms with Crippen LogP contribution < -0.4 is 15.0 Å². The fraction of sp³-hybridized carbons (Fsp3) is 0.333.